The van der Waals surface area contributed by atoms with Crippen LogP contribution in [-0.2, 0) is 6.54 Å². The minimum absolute atomic E-state index is 0.136. The second kappa shape index (κ2) is 5.22. The monoisotopic (exact) mass is 313 g/mol. The lowest BCUT2D eigenvalue weighted by Gasteiger charge is -2.09. The van der Waals surface area contributed by atoms with Gasteiger partial charge in [-0.2, -0.15) is 0 Å². The summed E-state index contributed by atoms with van der Waals surface area (Å²) in [5, 5.41) is 0. The van der Waals surface area contributed by atoms with E-state index in [-0.39, 0.29) is 11.5 Å². The number of hydrogen-bond donors (Lipinski definition) is 1. The predicted octanol–water partition coefficient (Wildman–Crippen LogP) is 2.95. The van der Waals surface area contributed by atoms with Crippen LogP contribution in [0.4, 0.5) is 4.39 Å². The molecule has 1 N–H and O–H groups in total. The molecule has 6 heteroatoms. The molecule has 0 unspecified atom stereocenters. The molecule has 0 amide bonds. The van der Waals surface area contributed by atoms with Gasteiger partial charge in [-0.15, -0.1) is 0 Å². The van der Waals surface area contributed by atoms with Crippen molar-refractivity contribution in [2.45, 2.75) is 19.4 Å². The van der Waals surface area contributed by atoms with E-state index in [1.165, 1.54) is 19.2 Å². The van der Waals surface area contributed by atoms with Gasteiger partial charge in [-0.05, 0) is 37.0 Å². The first-order valence-corrected chi connectivity index (χ1v) is 7.58. The van der Waals surface area contributed by atoms with Crippen LogP contribution >= 0.6 is 0 Å². The molecule has 1 aromatic carbocycles. The maximum Gasteiger partial charge on any atom is 0.327 e. The van der Waals surface area contributed by atoms with Gasteiger partial charge < -0.3 is 4.74 Å². The van der Waals surface area contributed by atoms with Crippen molar-refractivity contribution in [3.05, 3.63) is 46.8 Å². The Kier molecular flexibility index (Phi) is 3.18. The van der Waals surface area contributed by atoms with Crippen LogP contribution in [-0.4, -0.2) is 21.6 Å². The predicted molar refractivity (Wildman–Crippen MR) is 85.0 cm³/mol. The van der Waals surface area contributed by atoms with Crippen molar-refractivity contribution in [2.75, 3.05) is 7.11 Å². The third kappa shape index (κ3) is 2.50. The summed E-state index contributed by atoms with van der Waals surface area (Å²) in [6.07, 6.45) is 3.99. The van der Waals surface area contributed by atoms with Crippen molar-refractivity contribution in [1.29, 1.82) is 0 Å². The lowest BCUT2D eigenvalue weighted by atomic mass is 10.1. The van der Waals surface area contributed by atoms with Gasteiger partial charge in [-0.1, -0.05) is 0 Å². The van der Waals surface area contributed by atoms with Gasteiger partial charge >= 0.3 is 5.69 Å². The highest BCUT2D eigenvalue weighted by atomic mass is 19.1. The summed E-state index contributed by atoms with van der Waals surface area (Å²) in [5.41, 5.74) is 2.74. The van der Waals surface area contributed by atoms with E-state index in [1.54, 1.807) is 16.8 Å². The van der Waals surface area contributed by atoms with Gasteiger partial charge in [0.25, 0.3) is 0 Å². The molecule has 2 heterocycles. The number of ether oxygens (including phenoxy) is 1. The largest absolute Gasteiger partial charge is 0.496 e. The number of fused-ring (bicyclic) bond motifs is 1. The van der Waals surface area contributed by atoms with E-state index in [1.807, 2.05) is 6.07 Å². The fourth-order valence-electron chi connectivity index (χ4n) is 2.82. The molecule has 0 radical (unpaired) electrons. The van der Waals surface area contributed by atoms with Crippen molar-refractivity contribution < 1.29 is 9.13 Å². The Bertz CT molecular complexity index is 941. The SMILES string of the molecule is COc1cc(F)ccc1-c1cnc2[nH]c(=O)n(CC3CC3)c2c1. The fraction of sp³-hybridized carbons (Fsp3) is 0.294. The molecular formula is C17H16FN3O2. The number of benzene rings is 1. The highest BCUT2D eigenvalue weighted by Crippen LogP contribution is 2.33. The lowest BCUT2D eigenvalue weighted by molar-refractivity contribution is 0.413. The Hall–Kier alpha value is -2.63. The van der Waals surface area contributed by atoms with E-state index in [4.69, 9.17) is 4.74 Å². The zero-order valence-electron chi connectivity index (χ0n) is 12.7. The van der Waals surface area contributed by atoms with Gasteiger partial charge in [0.15, 0.2) is 5.65 Å². The number of rotatable bonds is 4. The molecule has 4 rings (SSSR count). The van der Waals surface area contributed by atoms with Crippen molar-refractivity contribution in [3.63, 3.8) is 0 Å². The highest BCUT2D eigenvalue weighted by molar-refractivity contribution is 5.80. The number of nitrogens with zero attached hydrogens (tertiary/aromatic N) is 2. The Balaban J connectivity index is 1.86. The number of halogens is 1. The molecule has 1 aliphatic rings. The summed E-state index contributed by atoms with van der Waals surface area (Å²) in [5.74, 6) is 0.667. The van der Waals surface area contributed by atoms with E-state index < -0.39 is 0 Å². The maximum atomic E-state index is 13.4. The molecule has 0 aliphatic heterocycles. The Morgan fingerprint density at radius 1 is 1.39 bits per heavy atom. The van der Waals surface area contributed by atoms with E-state index in [0.717, 1.165) is 29.5 Å². The van der Waals surface area contributed by atoms with Crippen molar-refractivity contribution in [1.82, 2.24) is 14.5 Å². The highest BCUT2D eigenvalue weighted by Gasteiger charge is 2.24. The molecular weight excluding hydrogens is 297 g/mol. The van der Waals surface area contributed by atoms with Crippen LogP contribution in [0.15, 0.2) is 35.3 Å². The minimum Gasteiger partial charge on any atom is -0.496 e. The Labute approximate surface area is 131 Å². The molecule has 118 valence electrons. The topological polar surface area (TPSA) is 59.9 Å². The minimum atomic E-state index is -0.355. The summed E-state index contributed by atoms with van der Waals surface area (Å²) in [4.78, 5) is 19.2. The van der Waals surface area contributed by atoms with Crippen molar-refractivity contribution in [2.24, 2.45) is 5.92 Å². The number of H-pyrrole nitrogens is 1. The molecule has 1 aliphatic carbocycles. The molecule has 5 nitrogen and oxygen atoms in total. The smallest absolute Gasteiger partial charge is 0.327 e. The van der Waals surface area contributed by atoms with E-state index in [2.05, 4.69) is 9.97 Å². The Morgan fingerprint density at radius 2 is 2.22 bits per heavy atom. The average molecular weight is 313 g/mol. The first-order valence-electron chi connectivity index (χ1n) is 7.58. The van der Waals surface area contributed by atoms with Gasteiger partial charge in [0.1, 0.15) is 11.6 Å². The fourth-order valence-corrected chi connectivity index (χ4v) is 2.82. The molecule has 1 fully saturated rings. The van der Waals surface area contributed by atoms with Crippen molar-refractivity contribution >= 4 is 11.2 Å². The molecule has 0 spiro atoms. The van der Waals surface area contributed by atoms with E-state index >= 15 is 0 Å². The number of methoxy groups -OCH3 is 1. The van der Waals surface area contributed by atoms with Gasteiger partial charge in [0, 0.05) is 29.9 Å². The second-order valence-corrected chi connectivity index (χ2v) is 5.92. The molecule has 2 aromatic heterocycles. The molecule has 0 atom stereocenters. The zero-order chi connectivity index (χ0) is 16.0. The zero-order valence-corrected chi connectivity index (χ0v) is 12.7. The van der Waals surface area contributed by atoms with Crippen molar-refractivity contribution in [3.8, 4) is 16.9 Å². The van der Waals surface area contributed by atoms with E-state index in [9.17, 15) is 9.18 Å². The summed E-state index contributed by atoms with van der Waals surface area (Å²) in [6, 6.07) is 6.29. The van der Waals surface area contributed by atoms with Crippen LogP contribution in [0.25, 0.3) is 22.3 Å². The second-order valence-electron chi connectivity index (χ2n) is 5.92. The number of nitrogens with one attached hydrogen (secondary N) is 1. The summed E-state index contributed by atoms with van der Waals surface area (Å²) in [6.45, 7) is 0.713. The number of hydrogen-bond acceptors (Lipinski definition) is 3. The average Bonchev–Trinajstić information content (AvgIpc) is 3.31. The van der Waals surface area contributed by atoms with Crippen LogP contribution in [0, 0.1) is 11.7 Å². The number of imidazole rings is 1. The molecule has 0 bridgehead atoms. The van der Waals surface area contributed by atoms with Gasteiger partial charge in [0.2, 0.25) is 0 Å². The maximum absolute atomic E-state index is 13.4. The van der Waals surface area contributed by atoms with E-state index in [0.29, 0.717) is 23.9 Å². The quantitative estimate of drug-likeness (QED) is 0.805. The molecule has 23 heavy (non-hydrogen) atoms. The molecule has 0 saturated heterocycles. The van der Waals surface area contributed by atoms with Gasteiger partial charge in [-0.3, -0.25) is 9.55 Å². The van der Waals surface area contributed by atoms with Crippen LogP contribution in [0.2, 0.25) is 0 Å². The number of aromatic amines is 1. The molecule has 3 aromatic rings. The summed E-state index contributed by atoms with van der Waals surface area (Å²) in [7, 11) is 1.50. The third-order valence-corrected chi connectivity index (χ3v) is 4.24. The molecule has 1 saturated carbocycles. The number of pyridine rings is 1. The first kappa shape index (κ1) is 14.0. The first-order chi connectivity index (χ1) is 11.2. The Morgan fingerprint density at radius 3 is 2.96 bits per heavy atom. The van der Waals surface area contributed by atoms with Gasteiger partial charge in [0.05, 0.1) is 12.6 Å². The van der Waals surface area contributed by atoms with Crippen LogP contribution in [0.5, 0.6) is 5.75 Å². The number of aromatic nitrogens is 3. The normalized spacial score (nSPS) is 14.3. The van der Waals surface area contributed by atoms with Crippen LogP contribution in [0.1, 0.15) is 12.8 Å². The van der Waals surface area contributed by atoms with Gasteiger partial charge in [-0.25, -0.2) is 14.2 Å². The summed E-state index contributed by atoms with van der Waals surface area (Å²) >= 11 is 0. The standard InChI is InChI=1S/C17H16FN3O2/c1-23-15-7-12(18)4-5-13(15)11-6-14-16(19-8-11)20-17(22)21(14)9-10-2-3-10/h4-8,10H,2-3,9H2,1H3,(H,19,20,22). The lowest BCUT2D eigenvalue weighted by Crippen LogP contribution is -2.17. The third-order valence-electron chi connectivity index (χ3n) is 4.24. The van der Waals surface area contributed by atoms with Crippen LogP contribution in [0.3, 0.4) is 0 Å². The van der Waals surface area contributed by atoms with Crippen LogP contribution < -0.4 is 10.4 Å². The summed E-state index contributed by atoms with van der Waals surface area (Å²) < 4.78 is 20.4.